The van der Waals surface area contributed by atoms with Crippen molar-refractivity contribution < 1.29 is 10.2 Å². The third-order valence-electron chi connectivity index (χ3n) is 5.13. The first kappa shape index (κ1) is 20.7. The molecule has 0 saturated heterocycles. The SMILES string of the molecule is CCCC/C=C\CCCCCCCCCC1CC(O)CC(O)C1. The summed E-state index contributed by atoms with van der Waals surface area (Å²) in [6.45, 7) is 2.25. The van der Waals surface area contributed by atoms with Gasteiger partial charge in [0.05, 0.1) is 12.2 Å². The van der Waals surface area contributed by atoms with Crippen LogP contribution in [0.4, 0.5) is 0 Å². The molecule has 1 aliphatic carbocycles. The second-order valence-corrected chi connectivity index (χ2v) is 7.55. The minimum atomic E-state index is -0.264. The van der Waals surface area contributed by atoms with Gasteiger partial charge < -0.3 is 10.2 Å². The lowest BCUT2D eigenvalue weighted by Crippen LogP contribution is -2.29. The average Bonchev–Trinajstić information content (AvgIpc) is 2.51. The van der Waals surface area contributed by atoms with Crippen LogP contribution in [-0.2, 0) is 0 Å². The Morgan fingerprint density at radius 2 is 1.22 bits per heavy atom. The summed E-state index contributed by atoms with van der Waals surface area (Å²) in [7, 11) is 0. The van der Waals surface area contributed by atoms with Crippen molar-refractivity contribution in [3.05, 3.63) is 12.2 Å². The summed E-state index contributed by atoms with van der Waals surface area (Å²) in [5.74, 6) is 0.549. The van der Waals surface area contributed by atoms with Gasteiger partial charge in [-0.05, 0) is 44.4 Å². The van der Waals surface area contributed by atoms with Gasteiger partial charge in [0.25, 0.3) is 0 Å². The molecule has 1 saturated carbocycles. The highest BCUT2D eigenvalue weighted by Gasteiger charge is 2.25. The Morgan fingerprint density at radius 3 is 1.83 bits per heavy atom. The zero-order chi connectivity index (χ0) is 16.8. The number of rotatable bonds is 13. The summed E-state index contributed by atoms with van der Waals surface area (Å²) < 4.78 is 0. The van der Waals surface area contributed by atoms with Gasteiger partial charge in [-0.15, -0.1) is 0 Å². The highest BCUT2D eigenvalue weighted by molar-refractivity contribution is 4.81. The quantitative estimate of drug-likeness (QED) is 0.334. The molecule has 2 heteroatoms. The smallest absolute Gasteiger partial charge is 0.0567 e. The number of unbranched alkanes of at least 4 members (excludes halogenated alkanes) is 9. The van der Waals surface area contributed by atoms with Crippen LogP contribution in [0, 0.1) is 5.92 Å². The summed E-state index contributed by atoms with van der Waals surface area (Å²) in [5.41, 5.74) is 0. The van der Waals surface area contributed by atoms with Gasteiger partial charge in [-0.2, -0.15) is 0 Å². The number of aliphatic hydroxyl groups excluding tert-OH is 2. The van der Waals surface area contributed by atoms with E-state index in [1.165, 1.54) is 77.0 Å². The first-order valence-electron chi connectivity index (χ1n) is 10.2. The standard InChI is InChI=1S/C21H40O2/c1-2-3-4-5-6-7-8-9-10-11-12-13-14-15-19-16-20(22)18-21(23)17-19/h5-6,19-23H,2-4,7-18H2,1H3/b6-5-. The van der Waals surface area contributed by atoms with Crippen LogP contribution in [0.2, 0.25) is 0 Å². The summed E-state index contributed by atoms with van der Waals surface area (Å²) >= 11 is 0. The van der Waals surface area contributed by atoms with Crippen LogP contribution in [0.3, 0.4) is 0 Å². The largest absolute Gasteiger partial charge is 0.393 e. The van der Waals surface area contributed by atoms with E-state index in [-0.39, 0.29) is 12.2 Å². The first-order chi connectivity index (χ1) is 11.2. The van der Waals surface area contributed by atoms with Crippen molar-refractivity contribution in [1.82, 2.24) is 0 Å². The van der Waals surface area contributed by atoms with Gasteiger partial charge in [0.2, 0.25) is 0 Å². The van der Waals surface area contributed by atoms with E-state index in [1.807, 2.05) is 0 Å². The maximum absolute atomic E-state index is 9.69. The molecule has 2 unspecified atom stereocenters. The summed E-state index contributed by atoms with van der Waals surface area (Å²) in [6.07, 6.45) is 22.3. The van der Waals surface area contributed by atoms with Crippen LogP contribution < -0.4 is 0 Å². The second kappa shape index (κ2) is 14.0. The Hall–Kier alpha value is -0.340. The highest BCUT2D eigenvalue weighted by atomic mass is 16.3. The summed E-state index contributed by atoms with van der Waals surface area (Å²) in [6, 6.07) is 0. The minimum Gasteiger partial charge on any atom is -0.393 e. The molecule has 0 aromatic heterocycles. The lowest BCUT2D eigenvalue weighted by atomic mass is 9.82. The Labute approximate surface area is 144 Å². The fraction of sp³-hybridized carbons (Fsp3) is 0.905. The molecule has 0 aromatic carbocycles. The van der Waals surface area contributed by atoms with Crippen molar-refractivity contribution >= 4 is 0 Å². The Bertz CT molecular complexity index is 278. The molecule has 0 aromatic rings. The van der Waals surface area contributed by atoms with Crippen molar-refractivity contribution in [1.29, 1.82) is 0 Å². The van der Waals surface area contributed by atoms with Crippen molar-refractivity contribution in [3.8, 4) is 0 Å². The third-order valence-corrected chi connectivity index (χ3v) is 5.13. The lowest BCUT2D eigenvalue weighted by molar-refractivity contribution is 0.0118. The number of aliphatic hydroxyl groups is 2. The molecule has 2 nitrogen and oxygen atoms in total. The average molecular weight is 325 g/mol. The Kier molecular flexibility index (Phi) is 12.6. The number of allylic oxidation sites excluding steroid dienone is 2. The van der Waals surface area contributed by atoms with Crippen molar-refractivity contribution in [2.75, 3.05) is 0 Å². The monoisotopic (exact) mass is 324 g/mol. The van der Waals surface area contributed by atoms with Crippen LogP contribution in [0.25, 0.3) is 0 Å². The highest BCUT2D eigenvalue weighted by Crippen LogP contribution is 2.29. The fourth-order valence-electron chi connectivity index (χ4n) is 3.74. The van der Waals surface area contributed by atoms with Crippen LogP contribution in [-0.4, -0.2) is 22.4 Å². The van der Waals surface area contributed by atoms with Crippen molar-refractivity contribution in [2.24, 2.45) is 5.92 Å². The molecular formula is C21H40O2. The van der Waals surface area contributed by atoms with Crippen molar-refractivity contribution in [2.45, 2.75) is 115 Å². The molecule has 0 bridgehead atoms. The van der Waals surface area contributed by atoms with E-state index in [9.17, 15) is 10.2 Å². The first-order valence-corrected chi connectivity index (χ1v) is 10.2. The lowest BCUT2D eigenvalue weighted by Gasteiger charge is -2.29. The topological polar surface area (TPSA) is 40.5 Å². The zero-order valence-corrected chi connectivity index (χ0v) is 15.4. The molecule has 1 aliphatic rings. The van der Waals surface area contributed by atoms with Crippen LogP contribution in [0.5, 0.6) is 0 Å². The van der Waals surface area contributed by atoms with Gasteiger partial charge in [-0.25, -0.2) is 0 Å². The predicted molar refractivity (Wildman–Crippen MR) is 99.6 cm³/mol. The molecule has 0 radical (unpaired) electrons. The Morgan fingerprint density at radius 1 is 0.696 bits per heavy atom. The van der Waals surface area contributed by atoms with Gasteiger partial charge in [-0.3, -0.25) is 0 Å². The Balaban J connectivity index is 1.82. The van der Waals surface area contributed by atoms with E-state index in [2.05, 4.69) is 19.1 Å². The van der Waals surface area contributed by atoms with Crippen molar-refractivity contribution in [3.63, 3.8) is 0 Å². The molecule has 136 valence electrons. The summed E-state index contributed by atoms with van der Waals surface area (Å²) in [5, 5.41) is 19.4. The fourth-order valence-corrected chi connectivity index (χ4v) is 3.74. The molecule has 23 heavy (non-hydrogen) atoms. The van der Waals surface area contributed by atoms with E-state index in [0.29, 0.717) is 12.3 Å². The maximum Gasteiger partial charge on any atom is 0.0567 e. The molecule has 2 N–H and O–H groups in total. The minimum absolute atomic E-state index is 0.264. The molecule has 0 spiro atoms. The molecule has 2 atom stereocenters. The van der Waals surface area contributed by atoms with Gasteiger partial charge in [0.1, 0.15) is 0 Å². The van der Waals surface area contributed by atoms with Gasteiger partial charge in [0, 0.05) is 0 Å². The van der Waals surface area contributed by atoms with Crippen LogP contribution >= 0.6 is 0 Å². The molecule has 0 heterocycles. The molecule has 0 amide bonds. The molecule has 0 aliphatic heterocycles. The predicted octanol–water partition coefficient (Wildman–Crippen LogP) is 5.77. The van der Waals surface area contributed by atoms with E-state index in [0.717, 1.165) is 12.8 Å². The third kappa shape index (κ3) is 11.8. The normalized spacial score (nSPS) is 25.3. The van der Waals surface area contributed by atoms with Gasteiger partial charge in [-0.1, -0.05) is 76.9 Å². The molecule has 1 fully saturated rings. The van der Waals surface area contributed by atoms with Gasteiger partial charge >= 0.3 is 0 Å². The molecular weight excluding hydrogens is 284 g/mol. The second-order valence-electron chi connectivity index (χ2n) is 7.55. The van der Waals surface area contributed by atoms with Gasteiger partial charge in [0.15, 0.2) is 0 Å². The van der Waals surface area contributed by atoms with E-state index >= 15 is 0 Å². The zero-order valence-electron chi connectivity index (χ0n) is 15.4. The molecule has 1 rings (SSSR count). The number of hydrogen-bond donors (Lipinski definition) is 2. The van der Waals surface area contributed by atoms with E-state index in [4.69, 9.17) is 0 Å². The van der Waals surface area contributed by atoms with E-state index in [1.54, 1.807) is 0 Å². The summed E-state index contributed by atoms with van der Waals surface area (Å²) in [4.78, 5) is 0. The van der Waals surface area contributed by atoms with Crippen LogP contribution in [0.15, 0.2) is 12.2 Å². The van der Waals surface area contributed by atoms with Crippen LogP contribution in [0.1, 0.15) is 103 Å². The maximum atomic E-state index is 9.69. The van der Waals surface area contributed by atoms with E-state index < -0.39 is 0 Å². The number of hydrogen-bond acceptors (Lipinski definition) is 2.